The topological polar surface area (TPSA) is 49.8 Å². The van der Waals surface area contributed by atoms with E-state index in [9.17, 15) is 4.39 Å². The molecule has 1 aromatic heterocycles. The maximum atomic E-state index is 14.1. The van der Waals surface area contributed by atoms with E-state index >= 15 is 0 Å². The van der Waals surface area contributed by atoms with Gasteiger partial charge in [0.15, 0.2) is 16.1 Å². The number of benzene rings is 1. The van der Waals surface area contributed by atoms with Crippen LogP contribution in [0.4, 0.5) is 10.2 Å². The van der Waals surface area contributed by atoms with Gasteiger partial charge in [0.05, 0.1) is 0 Å². The largest absolute Gasteiger partial charge is 0.362 e. The third-order valence-electron chi connectivity index (χ3n) is 3.22. The lowest BCUT2D eigenvalue weighted by atomic mass is 9.84. The number of nitrogens with zero attached hydrogens (tertiary/aromatic N) is 2. The molecule has 0 aliphatic heterocycles. The van der Waals surface area contributed by atoms with Crippen molar-refractivity contribution in [3.63, 3.8) is 0 Å². The highest BCUT2D eigenvalue weighted by molar-refractivity contribution is 7.80. The van der Waals surface area contributed by atoms with Crippen LogP contribution in [-0.2, 0) is 5.41 Å². The fraction of sp³-hybridized carbons (Fsp3) is 0.267. The smallest absolute Gasteiger partial charge is 0.172 e. The van der Waals surface area contributed by atoms with Crippen molar-refractivity contribution in [2.45, 2.75) is 19.3 Å². The van der Waals surface area contributed by atoms with Crippen molar-refractivity contribution in [1.29, 1.82) is 0 Å². The van der Waals surface area contributed by atoms with Crippen LogP contribution in [0.5, 0.6) is 0 Å². The molecule has 0 aliphatic rings. The van der Waals surface area contributed by atoms with E-state index in [1.165, 1.54) is 18.5 Å². The van der Waals surface area contributed by atoms with Crippen LogP contribution < -0.4 is 10.6 Å². The fourth-order valence-corrected chi connectivity index (χ4v) is 2.83. The first-order chi connectivity index (χ1) is 10.8. The Labute approximate surface area is 149 Å². The molecule has 0 aliphatic carbocycles. The summed E-state index contributed by atoms with van der Waals surface area (Å²) in [5.74, 6) is 0.00791. The van der Waals surface area contributed by atoms with E-state index in [4.69, 9.17) is 35.4 Å². The van der Waals surface area contributed by atoms with Gasteiger partial charge in [-0.3, -0.25) is 0 Å². The Morgan fingerprint density at radius 1 is 1.26 bits per heavy atom. The molecule has 0 radical (unpaired) electrons. The second-order valence-electron chi connectivity index (χ2n) is 5.48. The Kier molecular flexibility index (Phi) is 5.73. The normalized spacial score (nSPS) is 11.2. The minimum Gasteiger partial charge on any atom is -0.362 e. The van der Waals surface area contributed by atoms with Crippen molar-refractivity contribution >= 4 is 46.4 Å². The summed E-state index contributed by atoms with van der Waals surface area (Å²) in [5, 5.41) is 6.78. The molecule has 0 amide bonds. The molecule has 0 saturated heterocycles. The Balaban J connectivity index is 2.04. The summed E-state index contributed by atoms with van der Waals surface area (Å²) in [7, 11) is 0. The number of rotatable bonds is 4. The lowest BCUT2D eigenvalue weighted by molar-refractivity contribution is 0.477. The standard InChI is InChI=1S/C15H15Cl2FN4S/c1-15(2,11-9(16)4-3-5-10(11)18)8-21-14(23)22-13-12(17)19-6-7-20-13/h3-7H,8H2,1-2H3,(H2,20,21,22,23). The summed E-state index contributed by atoms with van der Waals surface area (Å²) in [6.07, 6.45) is 2.98. The Morgan fingerprint density at radius 3 is 2.61 bits per heavy atom. The average Bonchev–Trinajstić information content (AvgIpc) is 2.47. The fourth-order valence-electron chi connectivity index (χ4n) is 2.09. The number of nitrogens with one attached hydrogen (secondary N) is 2. The maximum absolute atomic E-state index is 14.1. The van der Waals surface area contributed by atoms with Crippen molar-refractivity contribution in [3.05, 3.63) is 52.1 Å². The molecule has 0 fully saturated rings. The quantitative estimate of drug-likeness (QED) is 0.788. The van der Waals surface area contributed by atoms with Crippen LogP contribution in [0.15, 0.2) is 30.6 Å². The highest BCUT2D eigenvalue weighted by atomic mass is 35.5. The van der Waals surface area contributed by atoms with Crippen molar-refractivity contribution in [2.24, 2.45) is 0 Å². The van der Waals surface area contributed by atoms with Gasteiger partial charge in [0.25, 0.3) is 0 Å². The number of hydrogen-bond donors (Lipinski definition) is 2. The molecule has 4 nitrogen and oxygen atoms in total. The minimum atomic E-state index is -0.569. The number of thiocarbonyl (C=S) groups is 1. The zero-order valence-corrected chi connectivity index (χ0v) is 14.9. The van der Waals surface area contributed by atoms with Gasteiger partial charge in [-0.15, -0.1) is 0 Å². The van der Waals surface area contributed by atoms with Gasteiger partial charge in [0.1, 0.15) is 5.82 Å². The number of anilines is 1. The lowest BCUT2D eigenvalue weighted by Gasteiger charge is -2.27. The highest BCUT2D eigenvalue weighted by Crippen LogP contribution is 2.31. The molecule has 2 aromatic rings. The van der Waals surface area contributed by atoms with E-state index < -0.39 is 5.41 Å². The van der Waals surface area contributed by atoms with Crippen molar-refractivity contribution in [1.82, 2.24) is 15.3 Å². The van der Waals surface area contributed by atoms with E-state index in [2.05, 4.69) is 20.6 Å². The first-order valence-electron chi connectivity index (χ1n) is 6.77. The molecular weight excluding hydrogens is 358 g/mol. The average molecular weight is 373 g/mol. The summed E-state index contributed by atoms with van der Waals surface area (Å²) in [6, 6.07) is 4.63. The van der Waals surface area contributed by atoms with Crippen LogP contribution in [0, 0.1) is 5.82 Å². The predicted molar refractivity (Wildman–Crippen MR) is 95.7 cm³/mol. The zero-order chi connectivity index (χ0) is 17.0. The molecule has 2 N–H and O–H groups in total. The summed E-state index contributed by atoms with van der Waals surface area (Å²) in [5.41, 5.74) is -0.130. The summed E-state index contributed by atoms with van der Waals surface area (Å²) >= 11 is 17.2. The second kappa shape index (κ2) is 7.38. The molecule has 0 atom stereocenters. The highest BCUT2D eigenvalue weighted by Gasteiger charge is 2.27. The van der Waals surface area contributed by atoms with Gasteiger partial charge >= 0.3 is 0 Å². The van der Waals surface area contributed by atoms with Crippen molar-refractivity contribution in [2.75, 3.05) is 11.9 Å². The van der Waals surface area contributed by atoms with E-state index in [0.717, 1.165) is 0 Å². The second-order valence-corrected chi connectivity index (χ2v) is 6.66. The van der Waals surface area contributed by atoms with Crippen molar-refractivity contribution in [3.8, 4) is 0 Å². The molecule has 0 saturated carbocycles. The number of hydrogen-bond acceptors (Lipinski definition) is 3. The van der Waals surface area contributed by atoms with Crippen LogP contribution in [0.25, 0.3) is 0 Å². The van der Waals surface area contributed by atoms with E-state index in [-0.39, 0.29) is 11.0 Å². The first-order valence-corrected chi connectivity index (χ1v) is 7.93. The number of halogens is 3. The van der Waals surface area contributed by atoms with Gasteiger partial charge < -0.3 is 10.6 Å². The molecule has 0 unspecified atom stereocenters. The Bertz CT molecular complexity index is 704. The van der Waals surface area contributed by atoms with Gasteiger partial charge in [-0.2, -0.15) is 0 Å². The van der Waals surface area contributed by atoms with Gasteiger partial charge in [0, 0.05) is 34.9 Å². The third-order valence-corrected chi connectivity index (χ3v) is 4.05. The zero-order valence-electron chi connectivity index (χ0n) is 12.5. The Hall–Kier alpha value is -1.50. The first kappa shape index (κ1) is 17.8. The minimum absolute atomic E-state index is 0.216. The molecule has 8 heteroatoms. The molecule has 122 valence electrons. The predicted octanol–water partition coefficient (Wildman–Crippen LogP) is 4.19. The van der Waals surface area contributed by atoms with Gasteiger partial charge in [-0.05, 0) is 24.4 Å². The molecule has 1 heterocycles. The van der Waals surface area contributed by atoms with Crippen LogP contribution in [0.2, 0.25) is 10.2 Å². The van der Waals surface area contributed by atoms with E-state index in [1.54, 1.807) is 12.1 Å². The molecule has 23 heavy (non-hydrogen) atoms. The van der Waals surface area contributed by atoms with Crippen LogP contribution in [0.1, 0.15) is 19.4 Å². The van der Waals surface area contributed by atoms with E-state index in [0.29, 0.717) is 28.1 Å². The lowest BCUT2D eigenvalue weighted by Crippen LogP contribution is -2.39. The molecular formula is C15H15Cl2FN4S. The molecule has 1 aromatic carbocycles. The monoisotopic (exact) mass is 372 g/mol. The molecule has 0 bridgehead atoms. The van der Waals surface area contributed by atoms with Crippen LogP contribution in [-0.4, -0.2) is 21.6 Å². The van der Waals surface area contributed by atoms with Gasteiger partial charge in [0.2, 0.25) is 0 Å². The Morgan fingerprint density at radius 2 is 1.96 bits per heavy atom. The van der Waals surface area contributed by atoms with Crippen molar-refractivity contribution < 1.29 is 4.39 Å². The summed E-state index contributed by atoms with van der Waals surface area (Å²) in [6.45, 7) is 4.13. The summed E-state index contributed by atoms with van der Waals surface area (Å²) < 4.78 is 14.1. The van der Waals surface area contributed by atoms with Crippen LogP contribution >= 0.6 is 35.4 Å². The molecule has 0 spiro atoms. The molecule has 2 rings (SSSR count). The van der Waals surface area contributed by atoms with Crippen LogP contribution in [0.3, 0.4) is 0 Å². The SMILES string of the molecule is CC(C)(CNC(=S)Nc1nccnc1Cl)c1c(F)cccc1Cl. The number of aromatic nitrogens is 2. The maximum Gasteiger partial charge on any atom is 0.172 e. The van der Waals surface area contributed by atoms with E-state index in [1.807, 2.05) is 13.8 Å². The third kappa shape index (κ3) is 4.50. The van der Waals surface area contributed by atoms with Gasteiger partial charge in [-0.1, -0.05) is 43.1 Å². The summed E-state index contributed by atoms with van der Waals surface area (Å²) in [4.78, 5) is 7.93. The van der Waals surface area contributed by atoms with Gasteiger partial charge in [-0.25, -0.2) is 14.4 Å².